The molecule has 1 saturated heterocycles. The van der Waals surface area contributed by atoms with E-state index in [2.05, 4.69) is 30.9 Å². The van der Waals surface area contributed by atoms with E-state index in [1.807, 2.05) is 0 Å². The molecule has 0 aliphatic carbocycles. The first kappa shape index (κ1) is 10.7. The highest BCUT2D eigenvalue weighted by Gasteiger charge is 2.07. The second-order valence-electron chi connectivity index (χ2n) is 3.73. The third-order valence-corrected chi connectivity index (χ3v) is 2.58. The van der Waals surface area contributed by atoms with Gasteiger partial charge in [-0.15, -0.1) is 0 Å². The van der Waals surface area contributed by atoms with Crippen LogP contribution in [0.1, 0.15) is 20.3 Å². The second-order valence-corrected chi connectivity index (χ2v) is 3.73. The fourth-order valence-electron chi connectivity index (χ4n) is 1.36. The summed E-state index contributed by atoms with van der Waals surface area (Å²) in [6.07, 6.45) is 5.84. The van der Waals surface area contributed by atoms with Crippen molar-refractivity contribution in [1.29, 1.82) is 0 Å². The van der Waals surface area contributed by atoms with E-state index in [0.717, 1.165) is 38.8 Å². The van der Waals surface area contributed by atoms with Gasteiger partial charge in [-0.05, 0) is 5.92 Å². The quantitative estimate of drug-likeness (QED) is 0.617. The highest BCUT2D eigenvalue weighted by Crippen LogP contribution is 2.02. The van der Waals surface area contributed by atoms with Gasteiger partial charge in [-0.2, -0.15) is 0 Å². The maximum atomic E-state index is 5.28. The first-order chi connectivity index (χ1) is 6.33. The maximum absolute atomic E-state index is 5.28. The van der Waals surface area contributed by atoms with E-state index in [0.29, 0.717) is 0 Å². The number of nitrogens with zero attached hydrogens (tertiary/aromatic N) is 1. The van der Waals surface area contributed by atoms with Crippen LogP contribution in [0.5, 0.6) is 0 Å². The fraction of sp³-hybridized carbons (Fsp3) is 0.818. The zero-order chi connectivity index (χ0) is 9.52. The van der Waals surface area contributed by atoms with Gasteiger partial charge in [0.05, 0.1) is 13.2 Å². The van der Waals surface area contributed by atoms with Crippen LogP contribution < -0.4 is 0 Å². The van der Waals surface area contributed by atoms with Gasteiger partial charge in [-0.3, -0.25) is 4.90 Å². The maximum Gasteiger partial charge on any atom is 0.0594 e. The van der Waals surface area contributed by atoms with Gasteiger partial charge in [0.25, 0.3) is 0 Å². The van der Waals surface area contributed by atoms with Crippen molar-refractivity contribution in [1.82, 2.24) is 4.90 Å². The number of rotatable bonds is 4. The Hall–Kier alpha value is -0.340. The summed E-state index contributed by atoms with van der Waals surface area (Å²) in [6.45, 7) is 9.55. The Labute approximate surface area is 81.6 Å². The zero-order valence-electron chi connectivity index (χ0n) is 8.83. The first-order valence-corrected chi connectivity index (χ1v) is 5.29. The molecular formula is C11H21NO. The lowest BCUT2D eigenvalue weighted by atomic mass is 10.1. The van der Waals surface area contributed by atoms with Crippen LogP contribution in [0.2, 0.25) is 0 Å². The lowest BCUT2D eigenvalue weighted by Gasteiger charge is -2.25. The Balaban J connectivity index is 2.13. The molecule has 0 aromatic carbocycles. The topological polar surface area (TPSA) is 12.5 Å². The molecule has 1 fully saturated rings. The van der Waals surface area contributed by atoms with Gasteiger partial charge < -0.3 is 4.74 Å². The van der Waals surface area contributed by atoms with Crippen LogP contribution in [0.25, 0.3) is 0 Å². The van der Waals surface area contributed by atoms with Gasteiger partial charge in [0.1, 0.15) is 0 Å². The summed E-state index contributed by atoms with van der Waals surface area (Å²) in [6, 6.07) is 0. The van der Waals surface area contributed by atoms with Gasteiger partial charge in [-0.1, -0.05) is 32.4 Å². The number of hydrogen-bond acceptors (Lipinski definition) is 2. The van der Waals surface area contributed by atoms with Crippen LogP contribution in [0, 0.1) is 5.92 Å². The predicted octanol–water partition coefficient (Wildman–Crippen LogP) is 1.92. The molecule has 0 aromatic rings. The molecule has 0 amide bonds. The molecule has 1 unspecified atom stereocenters. The first-order valence-electron chi connectivity index (χ1n) is 5.29. The van der Waals surface area contributed by atoms with Crippen molar-refractivity contribution in [2.24, 2.45) is 5.92 Å². The molecule has 1 aliphatic heterocycles. The lowest BCUT2D eigenvalue weighted by molar-refractivity contribution is 0.0434. The number of allylic oxidation sites excluding steroid dienone is 1. The van der Waals surface area contributed by atoms with Crippen LogP contribution >= 0.6 is 0 Å². The van der Waals surface area contributed by atoms with Crippen molar-refractivity contribution in [2.45, 2.75) is 20.3 Å². The summed E-state index contributed by atoms with van der Waals surface area (Å²) in [4.78, 5) is 2.43. The fourth-order valence-corrected chi connectivity index (χ4v) is 1.36. The standard InChI is InChI=1S/C11H21NO/c1-3-11(2)5-4-6-12-7-9-13-10-8-12/h4-5,11H,3,6-10H2,1-2H3/b5-4+. The molecule has 0 aromatic heterocycles. The molecular weight excluding hydrogens is 162 g/mol. The van der Waals surface area contributed by atoms with Crippen LogP contribution in [-0.4, -0.2) is 37.7 Å². The second kappa shape index (κ2) is 6.17. The van der Waals surface area contributed by atoms with Crippen molar-refractivity contribution < 1.29 is 4.74 Å². The molecule has 0 saturated carbocycles. The molecule has 2 heteroatoms. The Kier molecular flexibility index (Phi) is 5.09. The van der Waals surface area contributed by atoms with E-state index in [-0.39, 0.29) is 0 Å². The average molecular weight is 183 g/mol. The molecule has 1 rings (SSSR count). The van der Waals surface area contributed by atoms with Crippen LogP contribution in [-0.2, 0) is 4.74 Å². The van der Waals surface area contributed by atoms with E-state index >= 15 is 0 Å². The van der Waals surface area contributed by atoms with Crippen LogP contribution in [0.3, 0.4) is 0 Å². The zero-order valence-corrected chi connectivity index (χ0v) is 8.83. The van der Waals surface area contributed by atoms with Crippen molar-refractivity contribution in [3.8, 4) is 0 Å². The van der Waals surface area contributed by atoms with E-state index in [1.54, 1.807) is 0 Å². The Morgan fingerprint density at radius 1 is 1.38 bits per heavy atom. The minimum atomic E-state index is 0.723. The van der Waals surface area contributed by atoms with Gasteiger partial charge in [-0.25, -0.2) is 0 Å². The molecule has 0 spiro atoms. The van der Waals surface area contributed by atoms with Gasteiger partial charge in [0.15, 0.2) is 0 Å². The summed E-state index contributed by atoms with van der Waals surface area (Å²) in [5, 5.41) is 0. The lowest BCUT2D eigenvalue weighted by Crippen LogP contribution is -2.36. The van der Waals surface area contributed by atoms with E-state index in [9.17, 15) is 0 Å². The van der Waals surface area contributed by atoms with Crippen molar-refractivity contribution in [2.75, 3.05) is 32.8 Å². The largest absolute Gasteiger partial charge is 0.379 e. The minimum absolute atomic E-state index is 0.723. The van der Waals surface area contributed by atoms with Gasteiger partial charge in [0.2, 0.25) is 0 Å². The monoisotopic (exact) mass is 183 g/mol. The predicted molar refractivity (Wildman–Crippen MR) is 55.9 cm³/mol. The van der Waals surface area contributed by atoms with E-state index < -0.39 is 0 Å². The number of morpholine rings is 1. The van der Waals surface area contributed by atoms with Gasteiger partial charge in [0, 0.05) is 19.6 Å². The summed E-state index contributed by atoms with van der Waals surface area (Å²) >= 11 is 0. The normalized spacial score (nSPS) is 22.3. The van der Waals surface area contributed by atoms with Crippen molar-refractivity contribution >= 4 is 0 Å². The minimum Gasteiger partial charge on any atom is -0.379 e. The SMILES string of the molecule is CCC(C)/C=C/CN1CCOCC1. The van der Waals surface area contributed by atoms with Crippen LogP contribution in [0.15, 0.2) is 12.2 Å². The molecule has 2 nitrogen and oxygen atoms in total. The molecule has 76 valence electrons. The van der Waals surface area contributed by atoms with Crippen molar-refractivity contribution in [3.63, 3.8) is 0 Å². The molecule has 0 N–H and O–H groups in total. The van der Waals surface area contributed by atoms with Gasteiger partial charge >= 0.3 is 0 Å². The summed E-state index contributed by atoms with van der Waals surface area (Å²) in [5.41, 5.74) is 0. The summed E-state index contributed by atoms with van der Waals surface area (Å²) in [7, 11) is 0. The van der Waals surface area contributed by atoms with Crippen molar-refractivity contribution in [3.05, 3.63) is 12.2 Å². The van der Waals surface area contributed by atoms with E-state index in [1.165, 1.54) is 6.42 Å². The molecule has 1 atom stereocenters. The van der Waals surface area contributed by atoms with E-state index in [4.69, 9.17) is 4.74 Å². The Morgan fingerprint density at radius 2 is 2.08 bits per heavy atom. The number of hydrogen-bond donors (Lipinski definition) is 0. The molecule has 1 aliphatic rings. The molecule has 1 heterocycles. The third kappa shape index (κ3) is 4.44. The summed E-state index contributed by atoms with van der Waals surface area (Å²) in [5.74, 6) is 0.723. The smallest absolute Gasteiger partial charge is 0.0594 e. The Bertz CT molecular complexity index is 150. The summed E-state index contributed by atoms with van der Waals surface area (Å²) < 4.78 is 5.28. The molecule has 0 radical (unpaired) electrons. The average Bonchev–Trinajstić information content (AvgIpc) is 2.19. The number of ether oxygens (including phenoxy) is 1. The molecule has 0 bridgehead atoms. The highest BCUT2D eigenvalue weighted by molar-refractivity contribution is 4.88. The highest BCUT2D eigenvalue weighted by atomic mass is 16.5. The third-order valence-electron chi connectivity index (χ3n) is 2.58. The Morgan fingerprint density at radius 3 is 2.69 bits per heavy atom. The molecule has 13 heavy (non-hydrogen) atoms. The van der Waals surface area contributed by atoms with Crippen LogP contribution in [0.4, 0.5) is 0 Å².